The van der Waals surface area contributed by atoms with Crippen LogP contribution in [0.1, 0.15) is 39.2 Å². The summed E-state index contributed by atoms with van der Waals surface area (Å²) in [4.78, 5) is 0. The smallest absolute Gasteiger partial charge is 0.0455 e. The molecule has 1 rings (SSSR count). The third-order valence-electron chi connectivity index (χ3n) is 2.85. The number of anilines is 1. The summed E-state index contributed by atoms with van der Waals surface area (Å²) in [5, 5.41) is 4.36. The van der Waals surface area contributed by atoms with Crippen LogP contribution in [0.5, 0.6) is 0 Å². The Balaban J connectivity index is 2.56. The fraction of sp³-hybridized carbons (Fsp3) is 0.571. The second-order valence-electron chi connectivity index (χ2n) is 4.93. The van der Waals surface area contributed by atoms with Gasteiger partial charge in [-0.15, -0.1) is 0 Å². The van der Waals surface area contributed by atoms with E-state index in [1.165, 1.54) is 12.8 Å². The van der Waals surface area contributed by atoms with Gasteiger partial charge >= 0.3 is 0 Å². The summed E-state index contributed by atoms with van der Waals surface area (Å²) in [6.45, 7) is 8.80. The maximum atomic E-state index is 6.08. The van der Waals surface area contributed by atoms with E-state index in [1.807, 2.05) is 12.1 Å². The summed E-state index contributed by atoms with van der Waals surface area (Å²) in [5.41, 5.74) is 2.30. The predicted octanol–water partition coefficient (Wildman–Crippen LogP) is 4.89. The maximum Gasteiger partial charge on any atom is 0.0455 e. The minimum Gasteiger partial charge on any atom is -0.382 e. The average Bonchev–Trinajstić information content (AvgIpc) is 2.22. The zero-order valence-corrected chi connectivity index (χ0v) is 11.4. The summed E-state index contributed by atoms with van der Waals surface area (Å²) in [6, 6.07) is 6.51. The lowest BCUT2D eigenvalue weighted by Crippen LogP contribution is -2.16. The zero-order chi connectivity index (χ0) is 12.1. The van der Waals surface area contributed by atoms with Crippen molar-refractivity contribution in [2.24, 2.45) is 5.92 Å². The van der Waals surface area contributed by atoms with Gasteiger partial charge in [-0.3, -0.25) is 0 Å². The van der Waals surface area contributed by atoms with E-state index < -0.39 is 0 Å². The molecule has 0 heterocycles. The zero-order valence-electron chi connectivity index (χ0n) is 10.7. The van der Waals surface area contributed by atoms with Gasteiger partial charge in [0.1, 0.15) is 0 Å². The van der Waals surface area contributed by atoms with Crippen LogP contribution in [0.3, 0.4) is 0 Å². The van der Waals surface area contributed by atoms with Gasteiger partial charge < -0.3 is 5.32 Å². The first-order valence-corrected chi connectivity index (χ1v) is 6.40. The van der Waals surface area contributed by atoms with Gasteiger partial charge in [0.25, 0.3) is 0 Å². The van der Waals surface area contributed by atoms with Gasteiger partial charge in [0.2, 0.25) is 0 Å². The molecule has 0 radical (unpaired) electrons. The minimum absolute atomic E-state index is 0.500. The van der Waals surface area contributed by atoms with Crippen LogP contribution < -0.4 is 5.32 Å². The first-order valence-electron chi connectivity index (χ1n) is 6.02. The first-order chi connectivity index (χ1) is 7.50. The van der Waals surface area contributed by atoms with Crippen molar-refractivity contribution in [2.45, 2.75) is 46.6 Å². The summed E-state index contributed by atoms with van der Waals surface area (Å²) in [7, 11) is 0. The van der Waals surface area contributed by atoms with Crippen LogP contribution in [0, 0.1) is 12.8 Å². The van der Waals surface area contributed by atoms with Gasteiger partial charge in [-0.05, 0) is 50.3 Å². The molecule has 1 aromatic rings. The van der Waals surface area contributed by atoms with Gasteiger partial charge in [0, 0.05) is 16.8 Å². The van der Waals surface area contributed by atoms with Crippen molar-refractivity contribution in [3.8, 4) is 0 Å². The molecule has 0 saturated carbocycles. The number of hydrogen-bond acceptors (Lipinski definition) is 1. The second kappa shape index (κ2) is 6.15. The number of halogens is 1. The molecule has 1 nitrogen and oxygen atoms in total. The minimum atomic E-state index is 0.500. The second-order valence-corrected chi connectivity index (χ2v) is 5.34. The molecule has 0 fully saturated rings. The molecule has 1 aromatic carbocycles. The van der Waals surface area contributed by atoms with Crippen LogP contribution in [0.25, 0.3) is 0 Å². The topological polar surface area (TPSA) is 12.0 Å². The number of rotatable bonds is 5. The summed E-state index contributed by atoms with van der Waals surface area (Å²) in [6.07, 6.45) is 2.46. The Morgan fingerprint density at radius 3 is 2.50 bits per heavy atom. The van der Waals surface area contributed by atoms with Gasteiger partial charge in [0.05, 0.1) is 0 Å². The third kappa shape index (κ3) is 4.05. The van der Waals surface area contributed by atoms with Crippen LogP contribution in [-0.4, -0.2) is 6.04 Å². The molecule has 0 saturated heterocycles. The predicted molar refractivity (Wildman–Crippen MR) is 73.3 cm³/mol. The monoisotopic (exact) mass is 239 g/mol. The summed E-state index contributed by atoms with van der Waals surface area (Å²) >= 11 is 6.08. The molecule has 0 aliphatic rings. The van der Waals surface area contributed by atoms with Crippen LogP contribution in [0.4, 0.5) is 5.69 Å². The molecule has 1 N–H and O–H groups in total. The molecule has 2 heteroatoms. The lowest BCUT2D eigenvalue weighted by Gasteiger charge is -2.18. The number of benzene rings is 1. The van der Waals surface area contributed by atoms with E-state index in [4.69, 9.17) is 11.6 Å². The van der Waals surface area contributed by atoms with Gasteiger partial charge in [0.15, 0.2) is 0 Å². The average molecular weight is 240 g/mol. The van der Waals surface area contributed by atoms with Crippen molar-refractivity contribution in [1.82, 2.24) is 0 Å². The van der Waals surface area contributed by atoms with E-state index in [1.54, 1.807) is 0 Å². The fourth-order valence-electron chi connectivity index (χ4n) is 1.68. The Morgan fingerprint density at radius 2 is 1.88 bits per heavy atom. The Labute approximate surface area is 104 Å². The molecule has 0 bridgehead atoms. The number of nitrogens with one attached hydrogen (secondary N) is 1. The molecular weight excluding hydrogens is 218 g/mol. The Morgan fingerprint density at radius 1 is 1.19 bits per heavy atom. The normalized spacial score (nSPS) is 12.9. The molecule has 90 valence electrons. The molecule has 16 heavy (non-hydrogen) atoms. The molecule has 1 unspecified atom stereocenters. The highest BCUT2D eigenvalue weighted by molar-refractivity contribution is 6.31. The Hall–Kier alpha value is -0.690. The first kappa shape index (κ1) is 13.4. The third-order valence-corrected chi connectivity index (χ3v) is 3.26. The van der Waals surface area contributed by atoms with Gasteiger partial charge in [-0.2, -0.15) is 0 Å². The Bertz CT molecular complexity index is 334. The molecule has 0 aliphatic carbocycles. The standard InChI is InChI=1S/C14H22ClN/c1-10(2)8-9-11(3)16-14-7-5-6-13(15)12(14)4/h5-7,10-11,16H,8-9H2,1-4H3. The van der Waals surface area contributed by atoms with Crippen molar-refractivity contribution in [1.29, 1.82) is 0 Å². The highest BCUT2D eigenvalue weighted by Gasteiger charge is 2.06. The van der Waals surface area contributed by atoms with Crippen molar-refractivity contribution >= 4 is 17.3 Å². The summed E-state index contributed by atoms with van der Waals surface area (Å²) in [5.74, 6) is 0.768. The van der Waals surface area contributed by atoms with Crippen LogP contribution in [-0.2, 0) is 0 Å². The fourth-order valence-corrected chi connectivity index (χ4v) is 1.86. The van der Waals surface area contributed by atoms with E-state index >= 15 is 0 Å². The lowest BCUT2D eigenvalue weighted by atomic mass is 10.0. The van der Waals surface area contributed by atoms with Crippen molar-refractivity contribution in [3.05, 3.63) is 28.8 Å². The van der Waals surface area contributed by atoms with E-state index in [0.717, 1.165) is 22.2 Å². The van der Waals surface area contributed by atoms with E-state index in [2.05, 4.69) is 39.1 Å². The lowest BCUT2D eigenvalue weighted by molar-refractivity contribution is 0.527. The van der Waals surface area contributed by atoms with Crippen molar-refractivity contribution in [2.75, 3.05) is 5.32 Å². The highest BCUT2D eigenvalue weighted by atomic mass is 35.5. The molecule has 1 atom stereocenters. The molecule has 0 aliphatic heterocycles. The van der Waals surface area contributed by atoms with Gasteiger partial charge in [-0.1, -0.05) is 31.5 Å². The van der Waals surface area contributed by atoms with Crippen LogP contribution in [0.15, 0.2) is 18.2 Å². The van der Waals surface area contributed by atoms with Crippen molar-refractivity contribution < 1.29 is 0 Å². The summed E-state index contributed by atoms with van der Waals surface area (Å²) < 4.78 is 0. The highest BCUT2D eigenvalue weighted by Crippen LogP contribution is 2.24. The van der Waals surface area contributed by atoms with E-state index in [-0.39, 0.29) is 0 Å². The number of hydrogen-bond donors (Lipinski definition) is 1. The van der Waals surface area contributed by atoms with E-state index in [0.29, 0.717) is 6.04 Å². The largest absolute Gasteiger partial charge is 0.382 e. The van der Waals surface area contributed by atoms with Gasteiger partial charge in [-0.25, -0.2) is 0 Å². The SMILES string of the molecule is Cc1c(Cl)cccc1NC(C)CCC(C)C. The van der Waals surface area contributed by atoms with Crippen LogP contribution >= 0.6 is 11.6 Å². The molecule has 0 spiro atoms. The molecule has 0 aromatic heterocycles. The van der Waals surface area contributed by atoms with E-state index in [9.17, 15) is 0 Å². The molecular formula is C14H22ClN. The Kier molecular flexibility index (Phi) is 5.14. The van der Waals surface area contributed by atoms with Crippen LogP contribution in [0.2, 0.25) is 5.02 Å². The molecule has 0 amide bonds. The maximum absolute atomic E-state index is 6.08. The van der Waals surface area contributed by atoms with Crippen molar-refractivity contribution in [3.63, 3.8) is 0 Å². The quantitative estimate of drug-likeness (QED) is 0.772.